The zero-order chi connectivity index (χ0) is 19.1. The summed E-state index contributed by atoms with van der Waals surface area (Å²) >= 11 is 1.78. The average Bonchev–Trinajstić information content (AvgIpc) is 3.36. The quantitative estimate of drug-likeness (QED) is 0.504. The molecule has 0 N–H and O–H groups in total. The van der Waals surface area contributed by atoms with E-state index in [0.717, 1.165) is 24.9 Å². The van der Waals surface area contributed by atoms with Crippen molar-refractivity contribution in [3.8, 4) is 0 Å². The molecule has 0 aliphatic carbocycles. The van der Waals surface area contributed by atoms with Gasteiger partial charge in [0.1, 0.15) is 6.61 Å². The fourth-order valence-electron chi connectivity index (χ4n) is 3.09. The molecule has 2 aromatic heterocycles. The molecule has 5 heteroatoms. The third kappa shape index (κ3) is 5.08. The van der Waals surface area contributed by atoms with Crippen LogP contribution in [0.4, 0.5) is 0 Å². The molecule has 0 atom stereocenters. The monoisotopic (exact) mass is 381 g/mol. The zero-order valence-corrected chi connectivity index (χ0v) is 17.1. The first-order valence-corrected chi connectivity index (χ1v) is 10.2. The van der Waals surface area contributed by atoms with Gasteiger partial charge in [0.25, 0.3) is 0 Å². The number of thiophene rings is 1. The van der Waals surface area contributed by atoms with Crippen molar-refractivity contribution >= 4 is 22.5 Å². The van der Waals surface area contributed by atoms with Crippen molar-refractivity contribution in [3.05, 3.63) is 76.2 Å². The molecule has 0 saturated heterocycles. The maximum absolute atomic E-state index is 5.79. The van der Waals surface area contributed by atoms with Crippen LogP contribution >= 0.6 is 11.3 Å². The number of nitrogens with zero attached hydrogens (tertiary/aromatic N) is 3. The Kier molecular flexibility index (Phi) is 6.85. The summed E-state index contributed by atoms with van der Waals surface area (Å²) in [7, 11) is 4.14. The van der Waals surface area contributed by atoms with Gasteiger partial charge in [-0.2, -0.15) is 0 Å². The Balaban J connectivity index is 1.91. The van der Waals surface area contributed by atoms with Crippen LogP contribution in [0, 0.1) is 0 Å². The summed E-state index contributed by atoms with van der Waals surface area (Å²) in [5.74, 6) is 0. The van der Waals surface area contributed by atoms with E-state index in [9.17, 15) is 0 Å². The van der Waals surface area contributed by atoms with Crippen molar-refractivity contribution in [2.24, 2.45) is 0 Å². The maximum Gasteiger partial charge on any atom is 0.118 e. The van der Waals surface area contributed by atoms with Gasteiger partial charge >= 0.3 is 0 Å². The number of hydrogen-bond acceptors (Lipinski definition) is 4. The van der Waals surface area contributed by atoms with Crippen LogP contribution in [0.1, 0.15) is 35.8 Å². The molecule has 0 aliphatic rings. The minimum atomic E-state index is 0.648. The number of benzene rings is 1. The van der Waals surface area contributed by atoms with Crippen LogP contribution in [-0.2, 0) is 0 Å². The van der Waals surface area contributed by atoms with E-state index in [0.29, 0.717) is 6.61 Å². The van der Waals surface area contributed by atoms with Gasteiger partial charge in [-0.1, -0.05) is 43.3 Å². The number of hydrogen-bond donors (Lipinski definition) is 0. The second kappa shape index (κ2) is 9.53. The second-order valence-electron chi connectivity index (χ2n) is 6.67. The molecule has 0 radical (unpaired) electrons. The van der Waals surface area contributed by atoms with Gasteiger partial charge in [-0.3, -0.25) is 0 Å². The van der Waals surface area contributed by atoms with Gasteiger partial charge in [0.2, 0.25) is 0 Å². The van der Waals surface area contributed by atoms with Crippen molar-refractivity contribution in [2.75, 3.05) is 27.2 Å². The first kappa shape index (κ1) is 19.4. The molecule has 27 heavy (non-hydrogen) atoms. The molecule has 1 aromatic carbocycles. The molecule has 0 amide bonds. The molecule has 0 bridgehead atoms. The summed E-state index contributed by atoms with van der Waals surface area (Å²) in [6.45, 7) is 3.86. The van der Waals surface area contributed by atoms with E-state index in [2.05, 4.69) is 78.9 Å². The third-order valence-corrected chi connectivity index (χ3v) is 5.29. The Morgan fingerprint density at radius 1 is 1.11 bits per heavy atom. The molecular formula is C22H27N3OS. The van der Waals surface area contributed by atoms with E-state index in [1.165, 1.54) is 21.6 Å². The van der Waals surface area contributed by atoms with E-state index in [-0.39, 0.29) is 0 Å². The molecule has 2 heterocycles. The normalized spacial score (nSPS) is 12.3. The Morgan fingerprint density at radius 3 is 2.59 bits per heavy atom. The van der Waals surface area contributed by atoms with Gasteiger partial charge in [0, 0.05) is 17.0 Å². The Labute approximate surface area is 165 Å². The standard InChI is InChI=1S/C22H27N3OS/c1-4-20(21-12-8-15-27-21)22(18-10-6-5-7-11-18)19-16-23-25(17-19)26-14-9-13-24(2)3/h5-8,10-12,15-17H,4,9,13-14H2,1-3H3/b22-20-. The number of aromatic nitrogens is 2. The van der Waals surface area contributed by atoms with Crippen LogP contribution in [0.2, 0.25) is 0 Å². The average molecular weight is 382 g/mol. The first-order chi connectivity index (χ1) is 13.2. The van der Waals surface area contributed by atoms with E-state index in [1.54, 1.807) is 16.2 Å². The summed E-state index contributed by atoms with van der Waals surface area (Å²) in [4.78, 5) is 10.8. The Morgan fingerprint density at radius 2 is 1.93 bits per heavy atom. The fraction of sp³-hybridized carbons (Fsp3) is 0.318. The van der Waals surface area contributed by atoms with E-state index in [4.69, 9.17) is 4.84 Å². The molecule has 0 spiro atoms. The molecule has 0 aliphatic heterocycles. The number of rotatable bonds is 9. The fourth-order valence-corrected chi connectivity index (χ4v) is 3.94. The summed E-state index contributed by atoms with van der Waals surface area (Å²) in [5.41, 5.74) is 4.85. The lowest BCUT2D eigenvalue weighted by Gasteiger charge is -2.13. The van der Waals surface area contributed by atoms with Crippen LogP contribution in [0.15, 0.2) is 60.2 Å². The molecule has 4 nitrogen and oxygen atoms in total. The van der Waals surface area contributed by atoms with E-state index >= 15 is 0 Å². The van der Waals surface area contributed by atoms with Crippen LogP contribution in [0.3, 0.4) is 0 Å². The summed E-state index contributed by atoms with van der Waals surface area (Å²) in [6.07, 6.45) is 5.82. The summed E-state index contributed by atoms with van der Waals surface area (Å²) < 4.78 is 0. The highest BCUT2D eigenvalue weighted by Crippen LogP contribution is 2.35. The van der Waals surface area contributed by atoms with Crippen LogP contribution < -0.4 is 4.84 Å². The van der Waals surface area contributed by atoms with Crippen molar-refractivity contribution in [3.63, 3.8) is 0 Å². The molecular weight excluding hydrogens is 354 g/mol. The van der Waals surface area contributed by atoms with Gasteiger partial charge in [-0.05, 0) is 55.1 Å². The highest BCUT2D eigenvalue weighted by molar-refractivity contribution is 7.11. The summed E-state index contributed by atoms with van der Waals surface area (Å²) in [5, 5.41) is 6.56. The van der Waals surface area contributed by atoms with Crippen LogP contribution in [0.5, 0.6) is 0 Å². The van der Waals surface area contributed by atoms with Crippen molar-refractivity contribution in [1.29, 1.82) is 0 Å². The van der Waals surface area contributed by atoms with E-state index in [1.807, 2.05) is 12.4 Å². The van der Waals surface area contributed by atoms with Crippen LogP contribution in [0.25, 0.3) is 11.1 Å². The first-order valence-electron chi connectivity index (χ1n) is 9.34. The van der Waals surface area contributed by atoms with Gasteiger partial charge < -0.3 is 9.74 Å². The van der Waals surface area contributed by atoms with Gasteiger partial charge in [-0.25, -0.2) is 0 Å². The molecule has 0 fully saturated rings. The molecule has 0 saturated carbocycles. The second-order valence-corrected chi connectivity index (χ2v) is 7.62. The van der Waals surface area contributed by atoms with Crippen molar-refractivity contribution < 1.29 is 4.84 Å². The van der Waals surface area contributed by atoms with Gasteiger partial charge in [0.05, 0.1) is 12.4 Å². The largest absolute Gasteiger partial charge is 0.397 e. The minimum absolute atomic E-state index is 0.648. The highest BCUT2D eigenvalue weighted by atomic mass is 32.1. The van der Waals surface area contributed by atoms with E-state index < -0.39 is 0 Å². The van der Waals surface area contributed by atoms with Crippen LogP contribution in [-0.4, -0.2) is 42.1 Å². The lowest BCUT2D eigenvalue weighted by molar-refractivity contribution is 0.0770. The SMILES string of the molecule is CC/C(=C(\c1ccccc1)c1cnn(OCCCN(C)C)c1)c1cccs1. The Bertz CT molecular complexity index is 851. The number of allylic oxidation sites excluding steroid dienone is 1. The lowest BCUT2D eigenvalue weighted by Crippen LogP contribution is -2.19. The Hall–Kier alpha value is -2.37. The topological polar surface area (TPSA) is 30.3 Å². The molecule has 0 unspecified atom stereocenters. The predicted molar refractivity (Wildman–Crippen MR) is 114 cm³/mol. The smallest absolute Gasteiger partial charge is 0.118 e. The highest BCUT2D eigenvalue weighted by Gasteiger charge is 2.15. The lowest BCUT2D eigenvalue weighted by atomic mass is 9.93. The van der Waals surface area contributed by atoms with Crippen molar-refractivity contribution in [2.45, 2.75) is 19.8 Å². The third-order valence-electron chi connectivity index (χ3n) is 4.36. The maximum atomic E-state index is 5.79. The van der Waals surface area contributed by atoms with Gasteiger partial charge in [-0.15, -0.1) is 21.3 Å². The predicted octanol–water partition coefficient (Wildman–Crippen LogP) is 4.69. The molecule has 142 valence electrons. The molecule has 3 aromatic rings. The zero-order valence-electron chi connectivity index (χ0n) is 16.3. The summed E-state index contributed by atoms with van der Waals surface area (Å²) in [6, 6.07) is 14.8. The molecule has 3 rings (SSSR count). The van der Waals surface area contributed by atoms with Crippen molar-refractivity contribution in [1.82, 2.24) is 14.8 Å². The van der Waals surface area contributed by atoms with Gasteiger partial charge in [0.15, 0.2) is 0 Å². The minimum Gasteiger partial charge on any atom is -0.397 e.